The molecule has 20 heavy (non-hydrogen) atoms. The SMILES string of the molecule is CCNCc1cnccc1N(C)Cc1ccccc1Cl. The molecule has 1 aromatic carbocycles. The molecule has 2 aromatic rings. The van der Waals surface area contributed by atoms with E-state index < -0.39 is 0 Å². The Labute approximate surface area is 125 Å². The van der Waals surface area contributed by atoms with Crippen molar-refractivity contribution < 1.29 is 0 Å². The Balaban J connectivity index is 2.16. The Kier molecular flexibility index (Phi) is 5.39. The number of halogens is 1. The fourth-order valence-electron chi connectivity index (χ4n) is 2.16. The molecule has 1 heterocycles. The van der Waals surface area contributed by atoms with Crippen LogP contribution in [0.1, 0.15) is 18.1 Å². The van der Waals surface area contributed by atoms with Gasteiger partial charge >= 0.3 is 0 Å². The van der Waals surface area contributed by atoms with Crippen LogP contribution in [0.2, 0.25) is 5.02 Å². The van der Waals surface area contributed by atoms with Crippen LogP contribution in [-0.4, -0.2) is 18.6 Å². The number of hydrogen-bond donors (Lipinski definition) is 1. The number of nitrogens with zero attached hydrogens (tertiary/aromatic N) is 2. The quantitative estimate of drug-likeness (QED) is 0.882. The standard InChI is InChI=1S/C16H20ClN3/c1-3-18-10-14-11-19-9-8-16(14)20(2)12-13-6-4-5-7-15(13)17/h4-9,11,18H,3,10,12H2,1-2H3. The molecule has 0 fully saturated rings. The van der Waals surface area contributed by atoms with Crippen LogP contribution in [0.3, 0.4) is 0 Å². The van der Waals surface area contributed by atoms with Gasteiger partial charge in [0.1, 0.15) is 0 Å². The van der Waals surface area contributed by atoms with Crippen molar-refractivity contribution in [3.8, 4) is 0 Å². The number of aromatic nitrogens is 1. The molecule has 0 atom stereocenters. The molecule has 3 nitrogen and oxygen atoms in total. The van der Waals surface area contributed by atoms with E-state index in [0.717, 1.165) is 30.2 Å². The van der Waals surface area contributed by atoms with Crippen LogP contribution in [0.5, 0.6) is 0 Å². The fourth-order valence-corrected chi connectivity index (χ4v) is 2.35. The first-order chi connectivity index (χ1) is 9.72. The van der Waals surface area contributed by atoms with Crippen LogP contribution < -0.4 is 10.2 Å². The highest BCUT2D eigenvalue weighted by Gasteiger charge is 2.09. The number of benzene rings is 1. The maximum absolute atomic E-state index is 6.23. The molecular weight excluding hydrogens is 270 g/mol. The van der Waals surface area contributed by atoms with E-state index in [-0.39, 0.29) is 0 Å². The first-order valence-corrected chi connectivity index (χ1v) is 7.18. The maximum atomic E-state index is 6.23. The van der Waals surface area contributed by atoms with Crippen molar-refractivity contribution in [3.05, 3.63) is 58.9 Å². The Bertz CT molecular complexity index is 557. The van der Waals surface area contributed by atoms with Crippen molar-refractivity contribution in [2.24, 2.45) is 0 Å². The van der Waals surface area contributed by atoms with E-state index in [4.69, 9.17) is 11.6 Å². The first kappa shape index (κ1) is 14.8. The summed E-state index contributed by atoms with van der Waals surface area (Å²) in [6.07, 6.45) is 3.75. The van der Waals surface area contributed by atoms with Crippen molar-refractivity contribution in [1.82, 2.24) is 10.3 Å². The summed E-state index contributed by atoms with van der Waals surface area (Å²) >= 11 is 6.23. The van der Waals surface area contributed by atoms with E-state index in [2.05, 4.69) is 35.2 Å². The molecule has 0 aliphatic carbocycles. The van der Waals surface area contributed by atoms with Crippen molar-refractivity contribution >= 4 is 17.3 Å². The third-order valence-electron chi connectivity index (χ3n) is 3.22. The van der Waals surface area contributed by atoms with Gasteiger partial charge in [0.2, 0.25) is 0 Å². The molecule has 0 amide bonds. The molecule has 0 radical (unpaired) electrons. The van der Waals surface area contributed by atoms with Crippen molar-refractivity contribution in [2.75, 3.05) is 18.5 Å². The van der Waals surface area contributed by atoms with Crippen LogP contribution in [0, 0.1) is 0 Å². The Hall–Kier alpha value is -1.58. The van der Waals surface area contributed by atoms with Gasteiger partial charge in [-0.25, -0.2) is 0 Å². The summed E-state index contributed by atoms with van der Waals surface area (Å²) < 4.78 is 0. The third-order valence-corrected chi connectivity index (χ3v) is 3.59. The minimum atomic E-state index is 0.781. The van der Waals surface area contributed by atoms with Crippen LogP contribution in [0.25, 0.3) is 0 Å². The molecule has 4 heteroatoms. The topological polar surface area (TPSA) is 28.2 Å². The average Bonchev–Trinajstić information content (AvgIpc) is 2.47. The molecule has 0 spiro atoms. The minimum absolute atomic E-state index is 0.781. The van der Waals surface area contributed by atoms with Gasteiger partial charge in [-0.1, -0.05) is 36.7 Å². The number of nitrogens with one attached hydrogen (secondary N) is 1. The molecule has 0 unspecified atom stereocenters. The van der Waals surface area contributed by atoms with Gasteiger partial charge in [-0.2, -0.15) is 0 Å². The molecule has 2 rings (SSSR count). The highest BCUT2D eigenvalue weighted by Crippen LogP contribution is 2.23. The average molecular weight is 290 g/mol. The lowest BCUT2D eigenvalue weighted by Gasteiger charge is -2.23. The largest absolute Gasteiger partial charge is 0.370 e. The van der Waals surface area contributed by atoms with E-state index in [0.29, 0.717) is 0 Å². The molecule has 0 aliphatic rings. The predicted molar refractivity (Wildman–Crippen MR) is 85.2 cm³/mol. The van der Waals surface area contributed by atoms with Gasteiger partial charge in [-0.3, -0.25) is 4.98 Å². The lowest BCUT2D eigenvalue weighted by atomic mass is 10.1. The highest BCUT2D eigenvalue weighted by molar-refractivity contribution is 6.31. The molecule has 1 aromatic heterocycles. The van der Waals surface area contributed by atoms with Gasteiger partial charge in [-0.15, -0.1) is 0 Å². The van der Waals surface area contributed by atoms with E-state index in [1.54, 1.807) is 0 Å². The fraction of sp³-hybridized carbons (Fsp3) is 0.312. The summed E-state index contributed by atoms with van der Waals surface area (Å²) in [5.41, 5.74) is 3.51. The summed E-state index contributed by atoms with van der Waals surface area (Å²) in [4.78, 5) is 6.42. The zero-order valence-corrected chi connectivity index (χ0v) is 12.7. The number of rotatable bonds is 6. The van der Waals surface area contributed by atoms with Crippen LogP contribution in [0.4, 0.5) is 5.69 Å². The van der Waals surface area contributed by atoms with Gasteiger partial charge in [0.15, 0.2) is 0 Å². The summed E-state index contributed by atoms with van der Waals surface area (Å²) in [6, 6.07) is 10.0. The van der Waals surface area contributed by atoms with E-state index in [9.17, 15) is 0 Å². The summed E-state index contributed by atoms with van der Waals surface area (Å²) in [7, 11) is 2.08. The summed E-state index contributed by atoms with van der Waals surface area (Å²) in [6.45, 7) is 4.65. The lowest BCUT2D eigenvalue weighted by Crippen LogP contribution is -2.21. The smallest absolute Gasteiger partial charge is 0.0455 e. The molecule has 0 aliphatic heterocycles. The Morgan fingerprint density at radius 2 is 2.00 bits per heavy atom. The number of anilines is 1. The van der Waals surface area contributed by atoms with Crippen molar-refractivity contribution in [1.29, 1.82) is 0 Å². The zero-order valence-electron chi connectivity index (χ0n) is 11.9. The van der Waals surface area contributed by atoms with Gasteiger partial charge < -0.3 is 10.2 Å². The monoisotopic (exact) mass is 289 g/mol. The normalized spacial score (nSPS) is 10.6. The molecule has 0 bridgehead atoms. The third kappa shape index (κ3) is 3.71. The van der Waals surface area contributed by atoms with E-state index >= 15 is 0 Å². The second kappa shape index (κ2) is 7.27. The minimum Gasteiger partial charge on any atom is -0.370 e. The number of hydrogen-bond acceptors (Lipinski definition) is 3. The highest BCUT2D eigenvalue weighted by atomic mass is 35.5. The Morgan fingerprint density at radius 3 is 2.75 bits per heavy atom. The van der Waals surface area contributed by atoms with E-state index in [1.807, 2.05) is 36.7 Å². The first-order valence-electron chi connectivity index (χ1n) is 6.80. The summed E-state index contributed by atoms with van der Waals surface area (Å²) in [5.74, 6) is 0. The number of pyridine rings is 1. The second-order valence-electron chi connectivity index (χ2n) is 4.73. The zero-order chi connectivity index (χ0) is 14.4. The van der Waals surface area contributed by atoms with Gasteiger partial charge in [0.25, 0.3) is 0 Å². The van der Waals surface area contributed by atoms with E-state index in [1.165, 1.54) is 11.3 Å². The predicted octanol–water partition coefficient (Wildman–Crippen LogP) is 3.48. The Morgan fingerprint density at radius 1 is 1.20 bits per heavy atom. The van der Waals surface area contributed by atoms with Gasteiger partial charge in [-0.05, 0) is 24.2 Å². The van der Waals surface area contributed by atoms with Crippen molar-refractivity contribution in [2.45, 2.75) is 20.0 Å². The van der Waals surface area contributed by atoms with Crippen LogP contribution in [-0.2, 0) is 13.1 Å². The molecule has 106 valence electrons. The van der Waals surface area contributed by atoms with Crippen LogP contribution in [0.15, 0.2) is 42.7 Å². The second-order valence-corrected chi connectivity index (χ2v) is 5.14. The van der Waals surface area contributed by atoms with Crippen molar-refractivity contribution in [3.63, 3.8) is 0 Å². The molecule has 1 N–H and O–H groups in total. The maximum Gasteiger partial charge on any atom is 0.0455 e. The molecule has 0 saturated carbocycles. The molecule has 0 saturated heterocycles. The van der Waals surface area contributed by atoms with Crippen LogP contribution >= 0.6 is 11.6 Å². The van der Waals surface area contributed by atoms with Gasteiger partial charge in [0, 0.05) is 48.8 Å². The lowest BCUT2D eigenvalue weighted by molar-refractivity contribution is 0.720. The molecular formula is C16H20ClN3. The summed E-state index contributed by atoms with van der Waals surface area (Å²) in [5, 5.41) is 4.15. The van der Waals surface area contributed by atoms with Gasteiger partial charge in [0.05, 0.1) is 0 Å².